The normalized spacial score (nSPS) is 17.9. The van der Waals surface area contributed by atoms with Gasteiger partial charge in [0.25, 0.3) is 0 Å². The number of ether oxygens (including phenoxy) is 1. The Kier molecular flexibility index (Phi) is 7.24. The lowest BCUT2D eigenvalue weighted by Gasteiger charge is -2.25. The van der Waals surface area contributed by atoms with E-state index < -0.39 is 43.7 Å². The lowest BCUT2D eigenvalue weighted by Crippen LogP contribution is -2.38. The quantitative estimate of drug-likeness (QED) is 0.466. The number of nitrogens with one attached hydrogen (secondary N) is 1. The van der Waals surface area contributed by atoms with Crippen molar-refractivity contribution >= 4 is 33.2 Å². The first-order valence-corrected chi connectivity index (χ1v) is 13.1. The van der Waals surface area contributed by atoms with E-state index in [9.17, 15) is 31.2 Å². The highest BCUT2D eigenvalue weighted by molar-refractivity contribution is 7.92. The van der Waals surface area contributed by atoms with Gasteiger partial charge in [0.05, 0.1) is 34.2 Å². The number of anilines is 2. The van der Waals surface area contributed by atoms with Crippen LogP contribution in [0.3, 0.4) is 0 Å². The minimum Gasteiger partial charge on any atom is -0.467 e. The number of benzene rings is 2. The smallest absolute Gasteiger partial charge is 0.417 e. The molecule has 202 valence electrons. The lowest BCUT2D eigenvalue weighted by atomic mass is 10.2. The SMILES string of the molecule is COC(=O)[C@@H]1C[C@@H](S(=O)(=O)c2ccccc2C(F)(F)F)CN1c1cc(C)nn1-c1cccc(NC(C)=O)c1. The number of rotatable bonds is 6. The molecule has 38 heavy (non-hydrogen) atoms. The maximum atomic E-state index is 13.6. The van der Waals surface area contributed by atoms with Gasteiger partial charge in [-0.1, -0.05) is 18.2 Å². The van der Waals surface area contributed by atoms with Gasteiger partial charge < -0.3 is 15.0 Å². The van der Waals surface area contributed by atoms with Crippen LogP contribution in [0.25, 0.3) is 5.69 Å². The van der Waals surface area contributed by atoms with Gasteiger partial charge in [0.2, 0.25) is 5.91 Å². The number of sulfone groups is 1. The molecule has 0 aliphatic carbocycles. The Labute approximate surface area is 217 Å². The Morgan fingerprint density at radius 2 is 1.82 bits per heavy atom. The molecule has 0 radical (unpaired) electrons. The van der Waals surface area contributed by atoms with Gasteiger partial charge in [-0.15, -0.1) is 0 Å². The van der Waals surface area contributed by atoms with Crippen LogP contribution in [0, 0.1) is 6.92 Å². The number of methoxy groups -OCH3 is 1. The molecule has 1 aliphatic rings. The van der Waals surface area contributed by atoms with Crippen molar-refractivity contribution < 1.29 is 35.9 Å². The third kappa shape index (κ3) is 5.23. The highest BCUT2D eigenvalue weighted by Crippen LogP contribution is 2.39. The van der Waals surface area contributed by atoms with Gasteiger partial charge in [-0.05, 0) is 43.7 Å². The van der Waals surface area contributed by atoms with Crippen LogP contribution in [0.15, 0.2) is 59.5 Å². The Hall–Kier alpha value is -3.87. The van der Waals surface area contributed by atoms with Crippen molar-refractivity contribution in [2.24, 2.45) is 0 Å². The second kappa shape index (κ2) is 10.1. The number of aromatic nitrogens is 2. The molecule has 4 rings (SSSR count). The van der Waals surface area contributed by atoms with Crippen LogP contribution in [0.4, 0.5) is 24.7 Å². The second-order valence-electron chi connectivity index (χ2n) is 8.88. The molecule has 1 fully saturated rings. The average Bonchev–Trinajstić information content (AvgIpc) is 3.47. The number of carbonyl (C=O) groups is 2. The molecule has 1 amide bonds. The van der Waals surface area contributed by atoms with Gasteiger partial charge in [-0.2, -0.15) is 18.3 Å². The van der Waals surface area contributed by atoms with Gasteiger partial charge in [0.1, 0.15) is 11.9 Å². The van der Waals surface area contributed by atoms with Gasteiger partial charge in [-0.25, -0.2) is 17.9 Å². The van der Waals surface area contributed by atoms with E-state index in [2.05, 4.69) is 10.4 Å². The van der Waals surface area contributed by atoms with E-state index in [0.29, 0.717) is 22.9 Å². The van der Waals surface area contributed by atoms with E-state index in [1.54, 1.807) is 37.3 Å². The molecule has 9 nitrogen and oxygen atoms in total. The summed E-state index contributed by atoms with van der Waals surface area (Å²) in [6.07, 6.45) is -5.16. The van der Waals surface area contributed by atoms with Crippen molar-refractivity contribution in [3.05, 3.63) is 65.9 Å². The largest absolute Gasteiger partial charge is 0.467 e. The minimum absolute atomic E-state index is 0.273. The molecule has 13 heteroatoms. The molecule has 2 atom stereocenters. The summed E-state index contributed by atoms with van der Waals surface area (Å²) in [6, 6.07) is 11.3. The van der Waals surface area contributed by atoms with Crippen LogP contribution < -0.4 is 10.2 Å². The number of hydrogen-bond donors (Lipinski definition) is 1. The highest BCUT2D eigenvalue weighted by atomic mass is 32.2. The monoisotopic (exact) mass is 550 g/mol. The predicted octanol–water partition coefficient (Wildman–Crippen LogP) is 3.75. The summed E-state index contributed by atoms with van der Waals surface area (Å²) in [5.41, 5.74) is 0.284. The number of esters is 1. The van der Waals surface area contributed by atoms with Crippen molar-refractivity contribution in [3.63, 3.8) is 0 Å². The predicted molar refractivity (Wildman–Crippen MR) is 133 cm³/mol. The summed E-state index contributed by atoms with van der Waals surface area (Å²) in [7, 11) is -3.35. The topological polar surface area (TPSA) is 111 Å². The molecule has 1 saturated heterocycles. The standard InChI is InChI=1S/C25H25F3N4O5S/c1-15-11-23(32(30-15)18-8-6-7-17(12-18)29-16(2)33)31-14-19(13-21(31)24(34)37-3)38(35,36)22-10-5-4-9-20(22)25(26,27)28/h4-12,19,21H,13-14H2,1-3H3,(H,29,33)/t19-,21+/m1/s1. The summed E-state index contributed by atoms with van der Waals surface area (Å²) < 4.78 is 74.3. The van der Waals surface area contributed by atoms with Gasteiger partial charge in [0, 0.05) is 25.2 Å². The number of aryl methyl sites for hydroxylation is 1. The van der Waals surface area contributed by atoms with Crippen LogP contribution >= 0.6 is 0 Å². The molecule has 0 spiro atoms. The molecule has 3 aromatic rings. The van der Waals surface area contributed by atoms with E-state index in [1.165, 1.54) is 22.6 Å². The molecule has 0 saturated carbocycles. The number of alkyl halides is 3. The first kappa shape index (κ1) is 27.2. The van der Waals surface area contributed by atoms with Crippen molar-refractivity contribution in [1.29, 1.82) is 0 Å². The number of carbonyl (C=O) groups excluding carboxylic acids is 2. The zero-order chi connectivity index (χ0) is 27.8. The number of amides is 1. The summed E-state index contributed by atoms with van der Waals surface area (Å²) >= 11 is 0. The Morgan fingerprint density at radius 3 is 2.47 bits per heavy atom. The molecule has 0 bridgehead atoms. The molecular formula is C25H25F3N4O5S. The fourth-order valence-electron chi connectivity index (χ4n) is 4.56. The minimum atomic E-state index is -4.88. The number of halogens is 3. The second-order valence-corrected chi connectivity index (χ2v) is 11.1. The molecule has 1 aliphatic heterocycles. The zero-order valence-corrected chi connectivity index (χ0v) is 21.5. The van der Waals surface area contributed by atoms with Gasteiger partial charge in [-0.3, -0.25) is 4.79 Å². The van der Waals surface area contributed by atoms with Crippen molar-refractivity contribution in [2.45, 2.75) is 42.6 Å². The fourth-order valence-corrected chi connectivity index (χ4v) is 6.47. The Bertz CT molecular complexity index is 1490. The van der Waals surface area contributed by atoms with Crippen LogP contribution in [0.1, 0.15) is 24.6 Å². The van der Waals surface area contributed by atoms with E-state index in [4.69, 9.17) is 4.74 Å². The van der Waals surface area contributed by atoms with E-state index in [1.807, 2.05) is 0 Å². The van der Waals surface area contributed by atoms with Crippen LogP contribution in [-0.2, 0) is 30.3 Å². The molecule has 2 aromatic carbocycles. The molecule has 2 heterocycles. The van der Waals surface area contributed by atoms with Gasteiger partial charge in [0.15, 0.2) is 9.84 Å². The Morgan fingerprint density at radius 1 is 1.11 bits per heavy atom. The third-order valence-electron chi connectivity index (χ3n) is 6.19. The molecule has 0 unspecified atom stereocenters. The third-order valence-corrected chi connectivity index (χ3v) is 8.38. The van der Waals surface area contributed by atoms with E-state index in [0.717, 1.165) is 25.3 Å². The van der Waals surface area contributed by atoms with Gasteiger partial charge >= 0.3 is 12.1 Å². The van der Waals surface area contributed by atoms with Crippen molar-refractivity contribution in [2.75, 3.05) is 23.9 Å². The first-order chi connectivity index (χ1) is 17.8. The van der Waals surface area contributed by atoms with Crippen LogP contribution in [0.2, 0.25) is 0 Å². The highest BCUT2D eigenvalue weighted by Gasteiger charge is 2.47. The lowest BCUT2D eigenvalue weighted by molar-refractivity contribution is -0.142. The molecular weight excluding hydrogens is 525 g/mol. The maximum absolute atomic E-state index is 13.6. The van der Waals surface area contributed by atoms with Crippen LogP contribution in [0.5, 0.6) is 0 Å². The number of nitrogens with zero attached hydrogens (tertiary/aromatic N) is 3. The van der Waals surface area contributed by atoms with E-state index in [-0.39, 0.29) is 18.9 Å². The Balaban J connectivity index is 1.78. The van der Waals surface area contributed by atoms with Crippen molar-refractivity contribution in [1.82, 2.24) is 9.78 Å². The fraction of sp³-hybridized carbons (Fsp3) is 0.320. The maximum Gasteiger partial charge on any atom is 0.417 e. The molecule has 1 N–H and O–H groups in total. The molecule has 1 aromatic heterocycles. The number of hydrogen-bond acceptors (Lipinski definition) is 7. The van der Waals surface area contributed by atoms with Crippen molar-refractivity contribution in [3.8, 4) is 5.69 Å². The average molecular weight is 551 g/mol. The summed E-state index contributed by atoms with van der Waals surface area (Å²) in [4.78, 5) is 24.9. The summed E-state index contributed by atoms with van der Waals surface area (Å²) in [6.45, 7) is 2.79. The van der Waals surface area contributed by atoms with Crippen LogP contribution in [-0.4, -0.2) is 55.0 Å². The summed E-state index contributed by atoms with van der Waals surface area (Å²) in [5.74, 6) is -0.666. The van der Waals surface area contributed by atoms with E-state index >= 15 is 0 Å². The zero-order valence-electron chi connectivity index (χ0n) is 20.7. The first-order valence-electron chi connectivity index (χ1n) is 11.5. The summed E-state index contributed by atoms with van der Waals surface area (Å²) in [5, 5.41) is 5.81.